The molecule has 0 spiro atoms. The fraction of sp³-hybridized carbons (Fsp3) is 0.167. The number of rotatable bonds is 5. The average Bonchev–Trinajstić information content (AvgIpc) is 3.01. The SMILES string of the molecule is COc1cccc(OC)c1C(=O)Nc1nc2ccc(NC(C)=O)cc2s1. The summed E-state index contributed by atoms with van der Waals surface area (Å²) >= 11 is 1.31. The Morgan fingerprint density at radius 2 is 1.73 bits per heavy atom. The van der Waals surface area contributed by atoms with Crippen LogP contribution < -0.4 is 20.1 Å². The molecule has 134 valence electrons. The minimum atomic E-state index is -0.375. The highest BCUT2D eigenvalue weighted by atomic mass is 32.1. The molecule has 3 rings (SSSR count). The van der Waals surface area contributed by atoms with Crippen LogP contribution in [0.5, 0.6) is 11.5 Å². The van der Waals surface area contributed by atoms with Gasteiger partial charge < -0.3 is 14.8 Å². The molecule has 7 nitrogen and oxygen atoms in total. The number of methoxy groups -OCH3 is 2. The Morgan fingerprint density at radius 3 is 2.35 bits per heavy atom. The number of thiazole rings is 1. The number of carbonyl (C=O) groups is 2. The van der Waals surface area contributed by atoms with Gasteiger partial charge in [0.15, 0.2) is 5.13 Å². The molecule has 0 aliphatic rings. The van der Waals surface area contributed by atoms with E-state index in [4.69, 9.17) is 9.47 Å². The lowest BCUT2D eigenvalue weighted by Crippen LogP contribution is -2.14. The lowest BCUT2D eigenvalue weighted by molar-refractivity contribution is -0.114. The third-order valence-electron chi connectivity index (χ3n) is 3.58. The van der Waals surface area contributed by atoms with Crippen LogP contribution in [0.3, 0.4) is 0 Å². The number of hydrogen-bond donors (Lipinski definition) is 2. The highest BCUT2D eigenvalue weighted by Crippen LogP contribution is 2.32. The van der Waals surface area contributed by atoms with Crippen LogP contribution in [0.4, 0.5) is 10.8 Å². The molecule has 2 aromatic carbocycles. The summed E-state index contributed by atoms with van der Waals surface area (Å²) in [7, 11) is 2.99. The molecule has 0 radical (unpaired) electrons. The van der Waals surface area contributed by atoms with Crippen molar-refractivity contribution in [3.63, 3.8) is 0 Å². The third kappa shape index (κ3) is 3.60. The van der Waals surface area contributed by atoms with E-state index in [0.717, 1.165) is 10.2 Å². The molecule has 0 aliphatic carbocycles. The molecule has 1 aromatic heterocycles. The van der Waals surface area contributed by atoms with E-state index in [1.807, 2.05) is 6.07 Å². The van der Waals surface area contributed by atoms with Crippen LogP contribution >= 0.6 is 11.3 Å². The number of ether oxygens (including phenoxy) is 2. The van der Waals surface area contributed by atoms with Crippen LogP contribution in [-0.2, 0) is 4.79 Å². The molecule has 0 fully saturated rings. The summed E-state index contributed by atoms with van der Waals surface area (Å²) in [6.45, 7) is 1.45. The maximum Gasteiger partial charge on any atom is 0.265 e. The second-order valence-electron chi connectivity index (χ2n) is 5.37. The number of hydrogen-bond acceptors (Lipinski definition) is 6. The number of fused-ring (bicyclic) bond motifs is 1. The van der Waals surface area contributed by atoms with Crippen molar-refractivity contribution in [3.05, 3.63) is 42.0 Å². The van der Waals surface area contributed by atoms with Crippen molar-refractivity contribution in [3.8, 4) is 11.5 Å². The van der Waals surface area contributed by atoms with Crippen molar-refractivity contribution in [2.45, 2.75) is 6.92 Å². The highest BCUT2D eigenvalue weighted by Gasteiger charge is 2.19. The van der Waals surface area contributed by atoms with E-state index >= 15 is 0 Å². The van der Waals surface area contributed by atoms with E-state index in [0.29, 0.717) is 27.9 Å². The molecular weight excluding hydrogens is 354 g/mol. The minimum absolute atomic E-state index is 0.148. The van der Waals surface area contributed by atoms with Gasteiger partial charge in [-0.05, 0) is 30.3 Å². The van der Waals surface area contributed by atoms with Gasteiger partial charge in [0.2, 0.25) is 5.91 Å². The van der Waals surface area contributed by atoms with Crippen LogP contribution in [0.25, 0.3) is 10.2 Å². The van der Waals surface area contributed by atoms with E-state index in [1.165, 1.54) is 32.5 Å². The molecule has 0 unspecified atom stereocenters. The maximum absolute atomic E-state index is 12.7. The largest absolute Gasteiger partial charge is 0.496 e. The number of anilines is 2. The van der Waals surface area contributed by atoms with E-state index in [2.05, 4.69) is 15.6 Å². The molecule has 8 heteroatoms. The summed E-state index contributed by atoms with van der Waals surface area (Å²) in [6, 6.07) is 10.5. The van der Waals surface area contributed by atoms with Crippen molar-refractivity contribution in [2.75, 3.05) is 24.9 Å². The van der Waals surface area contributed by atoms with Crippen molar-refractivity contribution in [1.29, 1.82) is 0 Å². The smallest absolute Gasteiger partial charge is 0.265 e. The molecule has 3 aromatic rings. The van der Waals surface area contributed by atoms with Gasteiger partial charge in [0.25, 0.3) is 5.91 Å². The first kappa shape index (κ1) is 17.7. The molecule has 2 amide bonds. The number of nitrogens with one attached hydrogen (secondary N) is 2. The van der Waals surface area contributed by atoms with Gasteiger partial charge in [0.1, 0.15) is 17.1 Å². The van der Waals surface area contributed by atoms with E-state index in [1.54, 1.807) is 30.3 Å². The number of aromatic nitrogens is 1. The predicted octanol–water partition coefficient (Wildman–Crippen LogP) is 3.52. The second kappa shape index (κ2) is 7.40. The summed E-state index contributed by atoms with van der Waals surface area (Å²) in [4.78, 5) is 28.3. The Kier molecular flexibility index (Phi) is 5.04. The van der Waals surface area contributed by atoms with E-state index < -0.39 is 0 Å². The Balaban J connectivity index is 1.89. The van der Waals surface area contributed by atoms with E-state index in [-0.39, 0.29) is 11.8 Å². The number of benzene rings is 2. The first-order valence-electron chi connectivity index (χ1n) is 7.72. The zero-order chi connectivity index (χ0) is 18.7. The molecular formula is C18H17N3O4S. The number of amides is 2. The molecule has 0 saturated carbocycles. The molecule has 26 heavy (non-hydrogen) atoms. The van der Waals surface area contributed by atoms with E-state index in [9.17, 15) is 9.59 Å². The van der Waals surface area contributed by atoms with Gasteiger partial charge in [0.05, 0.1) is 24.4 Å². The van der Waals surface area contributed by atoms with Crippen molar-refractivity contribution in [1.82, 2.24) is 4.98 Å². The zero-order valence-electron chi connectivity index (χ0n) is 14.5. The van der Waals surface area contributed by atoms with Gasteiger partial charge in [-0.2, -0.15) is 0 Å². The normalized spacial score (nSPS) is 10.4. The van der Waals surface area contributed by atoms with Gasteiger partial charge in [-0.1, -0.05) is 17.4 Å². The summed E-state index contributed by atoms with van der Waals surface area (Å²) in [5.41, 5.74) is 1.71. The van der Waals surface area contributed by atoms with Crippen molar-refractivity contribution >= 4 is 44.2 Å². The predicted molar refractivity (Wildman–Crippen MR) is 101 cm³/mol. The van der Waals surface area contributed by atoms with Crippen LogP contribution in [0.15, 0.2) is 36.4 Å². The lowest BCUT2D eigenvalue weighted by atomic mass is 10.1. The second-order valence-corrected chi connectivity index (χ2v) is 6.41. The van der Waals surface area contributed by atoms with Gasteiger partial charge in [-0.15, -0.1) is 0 Å². The molecule has 0 atom stereocenters. The monoisotopic (exact) mass is 371 g/mol. The van der Waals surface area contributed by atoms with Crippen LogP contribution in [0.1, 0.15) is 17.3 Å². The fourth-order valence-corrected chi connectivity index (χ4v) is 3.39. The van der Waals surface area contributed by atoms with Gasteiger partial charge >= 0.3 is 0 Å². The van der Waals surface area contributed by atoms with Crippen LogP contribution in [0, 0.1) is 0 Å². The molecule has 0 aliphatic heterocycles. The summed E-state index contributed by atoms with van der Waals surface area (Å²) < 4.78 is 11.4. The number of carbonyl (C=O) groups excluding carboxylic acids is 2. The fourth-order valence-electron chi connectivity index (χ4n) is 2.49. The topological polar surface area (TPSA) is 89.6 Å². The maximum atomic E-state index is 12.7. The zero-order valence-corrected chi connectivity index (χ0v) is 15.3. The van der Waals surface area contributed by atoms with Crippen LogP contribution in [0.2, 0.25) is 0 Å². The molecule has 1 heterocycles. The molecule has 2 N–H and O–H groups in total. The Morgan fingerprint density at radius 1 is 1.04 bits per heavy atom. The Bertz CT molecular complexity index is 961. The Hall–Kier alpha value is -3.13. The minimum Gasteiger partial charge on any atom is -0.496 e. The quantitative estimate of drug-likeness (QED) is 0.716. The summed E-state index contributed by atoms with van der Waals surface area (Å²) in [6.07, 6.45) is 0. The highest BCUT2D eigenvalue weighted by molar-refractivity contribution is 7.22. The first-order chi connectivity index (χ1) is 12.5. The third-order valence-corrected chi connectivity index (χ3v) is 4.52. The molecule has 0 bridgehead atoms. The van der Waals surface area contributed by atoms with Gasteiger partial charge in [-0.25, -0.2) is 4.98 Å². The van der Waals surface area contributed by atoms with Crippen LogP contribution in [-0.4, -0.2) is 31.0 Å². The summed E-state index contributed by atoms with van der Waals surface area (Å²) in [5, 5.41) is 5.94. The Labute approximate surface area is 154 Å². The van der Waals surface area contributed by atoms with Gasteiger partial charge in [-0.3, -0.25) is 14.9 Å². The molecule has 0 saturated heterocycles. The number of nitrogens with zero attached hydrogens (tertiary/aromatic N) is 1. The standard InChI is InChI=1S/C18H17N3O4S/c1-10(22)19-11-7-8-12-15(9-11)26-18(20-12)21-17(23)16-13(24-2)5-4-6-14(16)25-3/h4-9H,1-3H3,(H,19,22)(H,20,21,23). The average molecular weight is 371 g/mol. The lowest BCUT2D eigenvalue weighted by Gasteiger charge is -2.11. The summed E-state index contributed by atoms with van der Waals surface area (Å²) in [5.74, 6) is 0.304. The first-order valence-corrected chi connectivity index (χ1v) is 8.54. The van der Waals surface area contributed by atoms with Crippen molar-refractivity contribution in [2.24, 2.45) is 0 Å². The van der Waals surface area contributed by atoms with Crippen molar-refractivity contribution < 1.29 is 19.1 Å². The van der Waals surface area contributed by atoms with Gasteiger partial charge in [0, 0.05) is 12.6 Å².